The fourth-order valence-electron chi connectivity index (χ4n) is 2.64. The van der Waals surface area contributed by atoms with Crippen LogP contribution in [-0.2, 0) is 17.6 Å². The summed E-state index contributed by atoms with van der Waals surface area (Å²) in [5, 5.41) is 5.73. The first kappa shape index (κ1) is 22.0. The standard InChI is InChI=1S/C21H27FN4O3/c1-28-18-8-5-16(13-19(18)29-2)9-10-25-21(23)26-12-11-24-20(27)14-15-3-6-17(22)7-4-15/h3-8,13H,9-12,14H2,1-2H3,(H,24,27)(H3,23,25,26). The van der Waals surface area contributed by atoms with Gasteiger partial charge in [-0.05, 0) is 41.8 Å². The van der Waals surface area contributed by atoms with Gasteiger partial charge in [0.15, 0.2) is 17.5 Å². The molecule has 156 valence electrons. The lowest BCUT2D eigenvalue weighted by atomic mass is 10.1. The molecule has 0 aliphatic rings. The molecule has 0 radical (unpaired) electrons. The maximum absolute atomic E-state index is 12.9. The molecule has 0 aliphatic carbocycles. The number of hydrogen-bond acceptors (Lipinski definition) is 4. The van der Waals surface area contributed by atoms with Crippen LogP contribution in [0.1, 0.15) is 11.1 Å². The third-order valence-electron chi connectivity index (χ3n) is 4.16. The summed E-state index contributed by atoms with van der Waals surface area (Å²) >= 11 is 0. The SMILES string of the molecule is COc1ccc(CCN=C(N)NCCNC(=O)Cc2ccc(F)cc2)cc1OC. The molecule has 0 aliphatic heterocycles. The van der Waals surface area contributed by atoms with Crippen molar-refractivity contribution in [3.05, 3.63) is 59.4 Å². The van der Waals surface area contributed by atoms with Gasteiger partial charge in [0.25, 0.3) is 0 Å². The van der Waals surface area contributed by atoms with Crippen LogP contribution in [0.25, 0.3) is 0 Å². The highest BCUT2D eigenvalue weighted by molar-refractivity contribution is 5.79. The molecule has 2 aromatic carbocycles. The van der Waals surface area contributed by atoms with Gasteiger partial charge in [0.1, 0.15) is 5.82 Å². The van der Waals surface area contributed by atoms with E-state index in [9.17, 15) is 9.18 Å². The molecule has 1 amide bonds. The first-order valence-electron chi connectivity index (χ1n) is 9.27. The Bertz CT molecular complexity index is 825. The highest BCUT2D eigenvalue weighted by atomic mass is 19.1. The van der Waals surface area contributed by atoms with Crippen LogP contribution in [0.15, 0.2) is 47.5 Å². The van der Waals surface area contributed by atoms with Crippen molar-refractivity contribution in [2.24, 2.45) is 10.7 Å². The van der Waals surface area contributed by atoms with E-state index in [1.807, 2.05) is 18.2 Å². The molecule has 0 spiro atoms. The third-order valence-corrected chi connectivity index (χ3v) is 4.16. The number of nitrogens with zero attached hydrogens (tertiary/aromatic N) is 1. The van der Waals surface area contributed by atoms with Gasteiger partial charge < -0.3 is 25.8 Å². The molecule has 8 heteroatoms. The van der Waals surface area contributed by atoms with Gasteiger partial charge in [-0.1, -0.05) is 18.2 Å². The van der Waals surface area contributed by atoms with Crippen LogP contribution in [0.5, 0.6) is 11.5 Å². The number of rotatable bonds is 10. The molecule has 0 heterocycles. The first-order chi connectivity index (χ1) is 14.0. The van der Waals surface area contributed by atoms with Gasteiger partial charge in [-0.3, -0.25) is 9.79 Å². The van der Waals surface area contributed by atoms with E-state index in [4.69, 9.17) is 15.2 Å². The highest BCUT2D eigenvalue weighted by Crippen LogP contribution is 2.27. The number of hydrogen-bond donors (Lipinski definition) is 3. The second kappa shape index (κ2) is 11.5. The zero-order chi connectivity index (χ0) is 21.1. The molecule has 0 bridgehead atoms. The second-order valence-corrected chi connectivity index (χ2v) is 6.29. The van der Waals surface area contributed by atoms with E-state index in [-0.39, 0.29) is 18.1 Å². The molecule has 2 rings (SSSR count). The van der Waals surface area contributed by atoms with Crippen molar-refractivity contribution in [3.8, 4) is 11.5 Å². The van der Waals surface area contributed by atoms with Crippen molar-refractivity contribution < 1.29 is 18.7 Å². The van der Waals surface area contributed by atoms with Crippen molar-refractivity contribution in [1.29, 1.82) is 0 Å². The van der Waals surface area contributed by atoms with Crippen molar-refractivity contribution in [3.63, 3.8) is 0 Å². The third kappa shape index (κ3) is 7.69. The van der Waals surface area contributed by atoms with Crippen molar-refractivity contribution in [1.82, 2.24) is 10.6 Å². The van der Waals surface area contributed by atoms with E-state index >= 15 is 0 Å². The number of carbonyl (C=O) groups excluding carboxylic acids is 1. The van der Waals surface area contributed by atoms with E-state index in [1.54, 1.807) is 26.4 Å². The molecule has 0 aromatic heterocycles. The van der Waals surface area contributed by atoms with Crippen LogP contribution in [0.4, 0.5) is 4.39 Å². The minimum Gasteiger partial charge on any atom is -0.493 e. The number of aliphatic imine (C=N–C) groups is 1. The lowest BCUT2D eigenvalue weighted by Crippen LogP contribution is -2.39. The lowest BCUT2D eigenvalue weighted by Gasteiger charge is -2.09. The molecule has 0 saturated carbocycles. The van der Waals surface area contributed by atoms with Crippen LogP contribution in [0.3, 0.4) is 0 Å². The Balaban J connectivity index is 1.65. The Labute approximate surface area is 170 Å². The number of halogens is 1. The van der Waals surface area contributed by atoms with E-state index in [1.165, 1.54) is 12.1 Å². The Kier molecular flexibility index (Phi) is 8.75. The lowest BCUT2D eigenvalue weighted by molar-refractivity contribution is -0.120. The van der Waals surface area contributed by atoms with E-state index in [0.29, 0.717) is 43.5 Å². The summed E-state index contributed by atoms with van der Waals surface area (Å²) in [5.74, 6) is 1.22. The zero-order valence-corrected chi connectivity index (χ0v) is 16.7. The predicted molar refractivity (Wildman–Crippen MR) is 111 cm³/mol. The average molecular weight is 402 g/mol. The van der Waals surface area contributed by atoms with Gasteiger partial charge >= 0.3 is 0 Å². The second-order valence-electron chi connectivity index (χ2n) is 6.29. The molecular formula is C21H27FN4O3. The summed E-state index contributed by atoms with van der Waals surface area (Å²) in [6.45, 7) is 1.39. The van der Waals surface area contributed by atoms with Gasteiger partial charge in [-0.25, -0.2) is 4.39 Å². The number of amides is 1. The summed E-state index contributed by atoms with van der Waals surface area (Å²) in [6.07, 6.45) is 0.909. The maximum atomic E-state index is 12.9. The fraction of sp³-hybridized carbons (Fsp3) is 0.333. The van der Waals surface area contributed by atoms with Crippen LogP contribution < -0.4 is 25.8 Å². The van der Waals surface area contributed by atoms with Crippen LogP contribution in [0, 0.1) is 5.82 Å². The topological polar surface area (TPSA) is 98.0 Å². The summed E-state index contributed by atoms with van der Waals surface area (Å²) in [7, 11) is 3.19. The summed E-state index contributed by atoms with van der Waals surface area (Å²) in [6, 6.07) is 11.6. The van der Waals surface area contributed by atoms with E-state index < -0.39 is 0 Å². The largest absolute Gasteiger partial charge is 0.493 e. The molecular weight excluding hydrogens is 375 g/mol. The van der Waals surface area contributed by atoms with Crippen molar-refractivity contribution in [2.45, 2.75) is 12.8 Å². The Hall–Kier alpha value is -3.29. The molecule has 0 unspecified atom stereocenters. The Morgan fingerprint density at radius 1 is 1.00 bits per heavy atom. The van der Waals surface area contributed by atoms with Crippen LogP contribution in [0.2, 0.25) is 0 Å². The molecule has 0 saturated heterocycles. The quantitative estimate of drug-likeness (QED) is 0.319. The number of carbonyl (C=O) groups is 1. The Morgan fingerprint density at radius 2 is 1.66 bits per heavy atom. The van der Waals surface area contributed by atoms with Gasteiger partial charge in [0.2, 0.25) is 5.91 Å². The molecule has 0 atom stereocenters. The van der Waals surface area contributed by atoms with Gasteiger partial charge in [-0.2, -0.15) is 0 Å². The minimum absolute atomic E-state index is 0.137. The molecule has 0 fully saturated rings. The fourth-order valence-corrected chi connectivity index (χ4v) is 2.64. The number of nitrogens with two attached hydrogens (primary N) is 1. The van der Waals surface area contributed by atoms with Crippen LogP contribution in [-0.4, -0.2) is 45.7 Å². The molecule has 4 N–H and O–H groups in total. The number of ether oxygens (including phenoxy) is 2. The Morgan fingerprint density at radius 3 is 2.34 bits per heavy atom. The van der Waals surface area contributed by atoms with E-state index in [2.05, 4.69) is 15.6 Å². The van der Waals surface area contributed by atoms with Gasteiger partial charge in [-0.15, -0.1) is 0 Å². The zero-order valence-electron chi connectivity index (χ0n) is 16.7. The maximum Gasteiger partial charge on any atom is 0.224 e. The average Bonchev–Trinajstić information content (AvgIpc) is 2.72. The highest BCUT2D eigenvalue weighted by Gasteiger charge is 2.05. The first-order valence-corrected chi connectivity index (χ1v) is 9.27. The van der Waals surface area contributed by atoms with Crippen LogP contribution >= 0.6 is 0 Å². The summed E-state index contributed by atoms with van der Waals surface area (Å²) in [4.78, 5) is 16.1. The van der Waals surface area contributed by atoms with Crippen molar-refractivity contribution >= 4 is 11.9 Å². The van der Waals surface area contributed by atoms with Gasteiger partial charge in [0, 0.05) is 19.6 Å². The van der Waals surface area contributed by atoms with Gasteiger partial charge in [0.05, 0.1) is 20.6 Å². The minimum atomic E-state index is -0.320. The predicted octanol–water partition coefficient (Wildman–Crippen LogP) is 1.65. The normalized spacial score (nSPS) is 11.1. The smallest absolute Gasteiger partial charge is 0.224 e. The molecule has 2 aromatic rings. The number of benzene rings is 2. The van der Waals surface area contributed by atoms with E-state index in [0.717, 1.165) is 11.1 Å². The van der Waals surface area contributed by atoms with Crippen molar-refractivity contribution in [2.75, 3.05) is 33.9 Å². The monoisotopic (exact) mass is 402 g/mol. The summed E-state index contributed by atoms with van der Waals surface area (Å²) in [5.41, 5.74) is 7.66. The number of nitrogens with one attached hydrogen (secondary N) is 2. The molecule has 29 heavy (non-hydrogen) atoms. The number of guanidine groups is 1. The number of methoxy groups -OCH3 is 2. The summed E-state index contributed by atoms with van der Waals surface area (Å²) < 4.78 is 23.4. The molecule has 7 nitrogen and oxygen atoms in total.